The third-order valence-corrected chi connectivity index (χ3v) is 4.76. The molecule has 0 radical (unpaired) electrons. The molecule has 0 saturated heterocycles. The molecule has 0 aliphatic heterocycles. The number of hydrogen-bond donors (Lipinski definition) is 0. The normalized spacial score (nSPS) is 10.8. The summed E-state index contributed by atoms with van der Waals surface area (Å²) in [6, 6.07) is 7.48. The smallest absolute Gasteiger partial charge is 0.230 e. The molecule has 4 nitrogen and oxygen atoms in total. The number of alkyl halides is 1. The highest BCUT2D eigenvalue weighted by Crippen LogP contribution is 2.34. The SMILES string of the molecule is CC(=O)N(c1cccc(OCCCCl)c1)c1ncc(C(C)C)s1. The number of nitrogens with zero attached hydrogens (tertiary/aromatic N) is 2. The monoisotopic (exact) mass is 352 g/mol. The quantitative estimate of drug-likeness (QED) is 0.522. The summed E-state index contributed by atoms with van der Waals surface area (Å²) < 4.78 is 5.66. The van der Waals surface area contributed by atoms with Gasteiger partial charge in [0.2, 0.25) is 5.91 Å². The molecule has 1 aromatic carbocycles. The second kappa shape index (κ2) is 8.31. The number of thiazole rings is 1. The lowest BCUT2D eigenvalue weighted by molar-refractivity contribution is -0.115. The Morgan fingerprint density at radius 1 is 1.43 bits per heavy atom. The Kier molecular flexibility index (Phi) is 6.42. The number of halogens is 1. The lowest BCUT2D eigenvalue weighted by atomic mass is 10.2. The third-order valence-electron chi connectivity index (χ3n) is 3.21. The van der Waals surface area contributed by atoms with Gasteiger partial charge in [-0.1, -0.05) is 19.9 Å². The zero-order chi connectivity index (χ0) is 16.8. The summed E-state index contributed by atoms with van der Waals surface area (Å²) >= 11 is 7.19. The molecule has 0 spiro atoms. The zero-order valence-corrected chi connectivity index (χ0v) is 15.2. The van der Waals surface area contributed by atoms with Crippen molar-refractivity contribution < 1.29 is 9.53 Å². The van der Waals surface area contributed by atoms with Crippen LogP contribution >= 0.6 is 22.9 Å². The van der Waals surface area contributed by atoms with E-state index in [1.54, 1.807) is 4.90 Å². The average molecular weight is 353 g/mol. The number of benzene rings is 1. The fourth-order valence-corrected chi connectivity index (χ4v) is 3.12. The fourth-order valence-electron chi connectivity index (χ4n) is 2.03. The van der Waals surface area contributed by atoms with E-state index in [1.165, 1.54) is 18.3 Å². The minimum atomic E-state index is -0.0763. The van der Waals surface area contributed by atoms with Crippen LogP contribution < -0.4 is 9.64 Å². The van der Waals surface area contributed by atoms with Gasteiger partial charge in [0.25, 0.3) is 0 Å². The van der Waals surface area contributed by atoms with Crippen LogP contribution in [0.15, 0.2) is 30.5 Å². The van der Waals surface area contributed by atoms with Gasteiger partial charge in [0.15, 0.2) is 5.13 Å². The molecule has 0 bridgehead atoms. The number of anilines is 2. The van der Waals surface area contributed by atoms with Gasteiger partial charge in [-0.15, -0.1) is 22.9 Å². The number of carbonyl (C=O) groups is 1. The molecule has 0 fully saturated rings. The molecule has 2 aromatic rings. The van der Waals surface area contributed by atoms with Crippen molar-refractivity contribution in [2.75, 3.05) is 17.4 Å². The first-order valence-corrected chi connectivity index (χ1v) is 8.93. The molecule has 0 atom stereocenters. The zero-order valence-electron chi connectivity index (χ0n) is 13.6. The maximum Gasteiger partial charge on any atom is 0.230 e. The molecular weight excluding hydrogens is 332 g/mol. The summed E-state index contributed by atoms with van der Waals surface area (Å²) in [6.45, 7) is 6.32. The van der Waals surface area contributed by atoms with Crippen molar-refractivity contribution in [1.29, 1.82) is 0 Å². The van der Waals surface area contributed by atoms with Crippen LogP contribution in [0.5, 0.6) is 5.75 Å². The lowest BCUT2D eigenvalue weighted by Crippen LogP contribution is -2.22. The maximum atomic E-state index is 12.1. The van der Waals surface area contributed by atoms with Crippen molar-refractivity contribution >= 4 is 39.7 Å². The molecule has 2 rings (SSSR count). The van der Waals surface area contributed by atoms with E-state index in [0.29, 0.717) is 23.5 Å². The Morgan fingerprint density at radius 3 is 2.83 bits per heavy atom. The summed E-state index contributed by atoms with van der Waals surface area (Å²) in [5.41, 5.74) is 0.755. The van der Waals surface area contributed by atoms with Crippen molar-refractivity contribution in [3.05, 3.63) is 35.3 Å². The minimum absolute atomic E-state index is 0.0763. The second-order valence-corrected chi connectivity index (χ2v) is 6.86. The molecule has 0 aliphatic rings. The van der Waals surface area contributed by atoms with E-state index in [4.69, 9.17) is 16.3 Å². The molecule has 6 heteroatoms. The number of hydrogen-bond acceptors (Lipinski definition) is 4. The van der Waals surface area contributed by atoms with Gasteiger partial charge in [0, 0.05) is 29.9 Å². The van der Waals surface area contributed by atoms with Crippen molar-refractivity contribution in [3.8, 4) is 5.75 Å². The summed E-state index contributed by atoms with van der Waals surface area (Å²) in [6.07, 6.45) is 2.62. The van der Waals surface area contributed by atoms with Crippen LogP contribution in [0, 0.1) is 0 Å². The number of aromatic nitrogens is 1. The summed E-state index contributed by atoms with van der Waals surface area (Å²) in [4.78, 5) is 19.3. The van der Waals surface area contributed by atoms with Crippen LogP contribution in [0.1, 0.15) is 38.0 Å². The van der Waals surface area contributed by atoms with E-state index in [9.17, 15) is 4.79 Å². The van der Waals surface area contributed by atoms with Crippen molar-refractivity contribution in [1.82, 2.24) is 4.98 Å². The van der Waals surface area contributed by atoms with Gasteiger partial charge in [0.05, 0.1) is 12.3 Å². The maximum absolute atomic E-state index is 12.1. The first-order valence-electron chi connectivity index (χ1n) is 7.58. The predicted octanol–water partition coefficient (Wildman–Crippen LogP) is 4.96. The van der Waals surface area contributed by atoms with Crippen LogP contribution in [-0.2, 0) is 4.79 Å². The standard InChI is InChI=1S/C17H21ClN2O2S/c1-12(2)16-11-19-17(23-16)20(13(3)21)14-6-4-7-15(10-14)22-9-5-8-18/h4,6-7,10-12H,5,8-9H2,1-3H3. The minimum Gasteiger partial charge on any atom is -0.493 e. The number of rotatable bonds is 7. The highest BCUT2D eigenvalue weighted by molar-refractivity contribution is 7.15. The van der Waals surface area contributed by atoms with Gasteiger partial charge in [-0.3, -0.25) is 9.69 Å². The summed E-state index contributed by atoms with van der Waals surface area (Å²) in [5.74, 6) is 1.60. The second-order valence-electron chi connectivity index (χ2n) is 5.44. The molecule has 0 saturated carbocycles. The van der Waals surface area contributed by atoms with E-state index in [1.807, 2.05) is 30.5 Å². The van der Waals surface area contributed by atoms with Gasteiger partial charge < -0.3 is 4.74 Å². The first-order chi connectivity index (χ1) is 11.0. The largest absolute Gasteiger partial charge is 0.493 e. The van der Waals surface area contributed by atoms with E-state index in [-0.39, 0.29) is 5.91 Å². The van der Waals surface area contributed by atoms with Crippen LogP contribution in [0.3, 0.4) is 0 Å². The van der Waals surface area contributed by atoms with E-state index < -0.39 is 0 Å². The molecule has 1 aromatic heterocycles. The first kappa shape index (κ1) is 17.8. The number of ether oxygens (including phenoxy) is 1. The van der Waals surface area contributed by atoms with Crippen molar-refractivity contribution in [2.24, 2.45) is 0 Å². The molecule has 1 heterocycles. The van der Waals surface area contributed by atoms with Gasteiger partial charge >= 0.3 is 0 Å². The van der Waals surface area contributed by atoms with Crippen molar-refractivity contribution in [3.63, 3.8) is 0 Å². The van der Waals surface area contributed by atoms with Crippen LogP contribution in [0.4, 0.5) is 10.8 Å². The van der Waals surface area contributed by atoms with Gasteiger partial charge in [-0.25, -0.2) is 4.98 Å². The van der Waals surface area contributed by atoms with Gasteiger partial charge in [-0.05, 0) is 24.5 Å². The Balaban J connectivity index is 2.26. The van der Waals surface area contributed by atoms with Gasteiger partial charge in [0.1, 0.15) is 5.75 Å². The fraction of sp³-hybridized carbons (Fsp3) is 0.412. The van der Waals surface area contributed by atoms with E-state index in [2.05, 4.69) is 18.8 Å². The Morgan fingerprint density at radius 2 is 2.22 bits per heavy atom. The molecule has 1 amide bonds. The van der Waals surface area contributed by atoms with Crippen LogP contribution in [0.2, 0.25) is 0 Å². The summed E-state index contributed by atoms with van der Waals surface area (Å²) in [7, 11) is 0. The average Bonchev–Trinajstić information content (AvgIpc) is 2.97. The topological polar surface area (TPSA) is 42.4 Å². The van der Waals surface area contributed by atoms with E-state index >= 15 is 0 Å². The molecule has 23 heavy (non-hydrogen) atoms. The Bertz CT molecular complexity index is 658. The van der Waals surface area contributed by atoms with Crippen LogP contribution in [0.25, 0.3) is 0 Å². The highest BCUT2D eigenvalue weighted by atomic mass is 35.5. The molecule has 0 N–H and O–H groups in total. The molecule has 124 valence electrons. The molecule has 0 unspecified atom stereocenters. The lowest BCUT2D eigenvalue weighted by Gasteiger charge is -2.19. The predicted molar refractivity (Wildman–Crippen MR) is 96.3 cm³/mol. The van der Waals surface area contributed by atoms with Crippen LogP contribution in [-0.4, -0.2) is 23.4 Å². The third kappa shape index (κ3) is 4.69. The van der Waals surface area contributed by atoms with Crippen molar-refractivity contribution in [2.45, 2.75) is 33.1 Å². The highest BCUT2D eigenvalue weighted by Gasteiger charge is 2.19. The number of carbonyl (C=O) groups excluding carboxylic acids is 1. The molecule has 0 aliphatic carbocycles. The summed E-state index contributed by atoms with van der Waals surface area (Å²) in [5, 5.41) is 0.680. The molecular formula is C17H21ClN2O2S. The number of amides is 1. The Labute approximate surface area is 146 Å². The Hall–Kier alpha value is -1.59. The van der Waals surface area contributed by atoms with E-state index in [0.717, 1.165) is 22.7 Å². The van der Waals surface area contributed by atoms with Gasteiger partial charge in [-0.2, -0.15) is 0 Å².